The standard InChI is InChI=1S/C13H19NO2/c1-2-12(15)9-14-8-10-3-4-13-11(7-10)5-6-16-13/h3-4,7,12,14-15H,2,5-6,8-9H2,1H3. The van der Waals surface area contributed by atoms with Gasteiger partial charge in [0.2, 0.25) is 0 Å². The van der Waals surface area contributed by atoms with E-state index in [0.717, 1.165) is 31.7 Å². The van der Waals surface area contributed by atoms with Gasteiger partial charge in [-0.05, 0) is 23.6 Å². The molecule has 2 rings (SSSR count). The molecule has 1 aromatic rings. The fourth-order valence-electron chi connectivity index (χ4n) is 1.88. The molecule has 1 aliphatic heterocycles. The fourth-order valence-corrected chi connectivity index (χ4v) is 1.88. The first-order valence-electron chi connectivity index (χ1n) is 5.93. The van der Waals surface area contributed by atoms with Crippen molar-refractivity contribution in [2.75, 3.05) is 13.2 Å². The van der Waals surface area contributed by atoms with Crippen LogP contribution in [-0.4, -0.2) is 24.4 Å². The van der Waals surface area contributed by atoms with Crippen molar-refractivity contribution < 1.29 is 9.84 Å². The van der Waals surface area contributed by atoms with Crippen LogP contribution in [0.4, 0.5) is 0 Å². The van der Waals surface area contributed by atoms with Crippen LogP contribution in [0.25, 0.3) is 0 Å². The summed E-state index contributed by atoms with van der Waals surface area (Å²) >= 11 is 0. The summed E-state index contributed by atoms with van der Waals surface area (Å²) in [4.78, 5) is 0. The number of benzene rings is 1. The van der Waals surface area contributed by atoms with E-state index in [4.69, 9.17) is 4.74 Å². The molecule has 3 nitrogen and oxygen atoms in total. The molecule has 1 aliphatic rings. The topological polar surface area (TPSA) is 41.5 Å². The highest BCUT2D eigenvalue weighted by molar-refractivity contribution is 5.39. The molecule has 2 N–H and O–H groups in total. The number of ether oxygens (including phenoxy) is 1. The average Bonchev–Trinajstić information content (AvgIpc) is 2.76. The molecule has 0 radical (unpaired) electrons. The van der Waals surface area contributed by atoms with Gasteiger partial charge in [-0.2, -0.15) is 0 Å². The van der Waals surface area contributed by atoms with E-state index in [1.807, 2.05) is 13.0 Å². The minimum Gasteiger partial charge on any atom is -0.493 e. The Balaban J connectivity index is 1.86. The monoisotopic (exact) mass is 221 g/mol. The first-order chi connectivity index (χ1) is 7.79. The van der Waals surface area contributed by atoms with Gasteiger partial charge in [0.05, 0.1) is 12.7 Å². The number of fused-ring (bicyclic) bond motifs is 1. The van der Waals surface area contributed by atoms with Gasteiger partial charge in [-0.1, -0.05) is 19.1 Å². The maximum absolute atomic E-state index is 9.41. The number of rotatable bonds is 5. The van der Waals surface area contributed by atoms with Gasteiger partial charge < -0.3 is 15.2 Å². The SMILES string of the molecule is CCC(O)CNCc1ccc2c(c1)CCO2. The Bertz CT molecular complexity index is 352. The highest BCUT2D eigenvalue weighted by Gasteiger charge is 2.11. The van der Waals surface area contributed by atoms with Crippen LogP contribution in [0.15, 0.2) is 18.2 Å². The number of hydrogen-bond acceptors (Lipinski definition) is 3. The van der Waals surface area contributed by atoms with Crippen LogP contribution in [0.2, 0.25) is 0 Å². The lowest BCUT2D eigenvalue weighted by molar-refractivity contribution is 0.167. The van der Waals surface area contributed by atoms with Crippen molar-refractivity contribution >= 4 is 0 Å². The molecule has 0 spiro atoms. The van der Waals surface area contributed by atoms with E-state index >= 15 is 0 Å². The summed E-state index contributed by atoms with van der Waals surface area (Å²) in [5, 5.41) is 12.7. The van der Waals surface area contributed by atoms with Gasteiger partial charge in [0, 0.05) is 19.5 Å². The second-order valence-electron chi connectivity index (χ2n) is 4.23. The van der Waals surface area contributed by atoms with E-state index in [-0.39, 0.29) is 6.10 Å². The van der Waals surface area contributed by atoms with Crippen molar-refractivity contribution in [3.8, 4) is 5.75 Å². The minimum absolute atomic E-state index is 0.238. The highest BCUT2D eigenvalue weighted by atomic mass is 16.5. The lowest BCUT2D eigenvalue weighted by Gasteiger charge is -2.10. The predicted molar refractivity (Wildman–Crippen MR) is 63.6 cm³/mol. The van der Waals surface area contributed by atoms with Crippen molar-refractivity contribution in [1.82, 2.24) is 5.32 Å². The van der Waals surface area contributed by atoms with Gasteiger partial charge in [0.15, 0.2) is 0 Å². The summed E-state index contributed by atoms with van der Waals surface area (Å²) in [6, 6.07) is 6.30. The van der Waals surface area contributed by atoms with Crippen molar-refractivity contribution in [3.05, 3.63) is 29.3 Å². The smallest absolute Gasteiger partial charge is 0.122 e. The summed E-state index contributed by atoms with van der Waals surface area (Å²) in [5.41, 5.74) is 2.56. The van der Waals surface area contributed by atoms with Crippen LogP contribution in [0.3, 0.4) is 0 Å². The number of aliphatic hydroxyl groups is 1. The molecular weight excluding hydrogens is 202 g/mol. The highest BCUT2D eigenvalue weighted by Crippen LogP contribution is 2.25. The minimum atomic E-state index is -0.238. The summed E-state index contributed by atoms with van der Waals surface area (Å²) < 4.78 is 5.45. The molecule has 0 amide bonds. The molecular formula is C13H19NO2. The molecule has 1 aromatic carbocycles. The summed E-state index contributed by atoms with van der Waals surface area (Å²) in [6.45, 7) is 4.26. The van der Waals surface area contributed by atoms with Crippen molar-refractivity contribution in [2.24, 2.45) is 0 Å². The van der Waals surface area contributed by atoms with Crippen molar-refractivity contribution in [1.29, 1.82) is 0 Å². The average molecular weight is 221 g/mol. The Morgan fingerprint density at radius 3 is 3.19 bits per heavy atom. The molecule has 0 saturated heterocycles. The van der Waals surface area contributed by atoms with E-state index in [1.54, 1.807) is 0 Å². The van der Waals surface area contributed by atoms with E-state index in [0.29, 0.717) is 6.54 Å². The lowest BCUT2D eigenvalue weighted by atomic mass is 10.1. The molecule has 1 atom stereocenters. The molecule has 0 bridgehead atoms. The number of hydrogen-bond donors (Lipinski definition) is 2. The van der Waals surface area contributed by atoms with Crippen molar-refractivity contribution in [2.45, 2.75) is 32.4 Å². The zero-order valence-electron chi connectivity index (χ0n) is 9.70. The van der Waals surface area contributed by atoms with E-state index in [9.17, 15) is 5.11 Å². The maximum Gasteiger partial charge on any atom is 0.122 e. The zero-order chi connectivity index (χ0) is 11.4. The summed E-state index contributed by atoms with van der Waals surface area (Å²) in [6.07, 6.45) is 1.57. The first-order valence-corrected chi connectivity index (χ1v) is 5.93. The van der Waals surface area contributed by atoms with Gasteiger partial charge in [-0.25, -0.2) is 0 Å². The van der Waals surface area contributed by atoms with Gasteiger partial charge >= 0.3 is 0 Å². The molecule has 0 aromatic heterocycles. The lowest BCUT2D eigenvalue weighted by Crippen LogP contribution is -2.25. The molecule has 1 unspecified atom stereocenters. The van der Waals surface area contributed by atoms with Gasteiger partial charge in [0.1, 0.15) is 5.75 Å². The van der Waals surface area contributed by atoms with Gasteiger partial charge in [-0.3, -0.25) is 0 Å². The third-order valence-corrected chi connectivity index (χ3v) is 2.93. The predicted octanol–water partition coefficient (Wildman–Crippen LogP) is 1.48. The Morgan fingerprint density at radius 1 is 1.50 bits per heavy atom. The van der Waals surface area contributed by atoms with E-state index < -0.39 is 0 Å². The molecule has 88 valence electrons. The van der Waals surface area contributed by atoms with Crippen LogP contribution in [0.1, 0.15) is 24.5 Å². The van der Waals surface area contributed by atoms with Gasteiger partial charge in [0.25, 0.3) is 0 Å². The zero-order valence-corrected chi connectivity index (χ0v) is 9.70. The Morgan fingerprint density at radius 2 is 2.38 bits per heavy atom. The molecule has 0 aliphatic carbocycles. The molecule has 16 heavy (non-hydrogen) atoms. The third kappa shape index (κ3) is 2.74. The fraction of sp³-hybridized carbons (Fsp3) is 0.538. The number of aliphatic hydroxyl groups excluding tert-OH is 1. The maximum atomic E-state index is 9.41. The molecule has 0 saturated carbocycles. The van der Waals surface area contributed by atoms with Crippen LogP contribution in [-0.2, 0) is 13.0 Å². The second-order valence-corrected chi connectivity index (χ2v) is 4.23. The largest absolute Gasteiger partial charge is 0.493 e. The number of nitrogens with one attached hydrogen (secondary N) is 1. The quantitative estimate of drug-likeness (QED) is 0.791. The second kappa shape index (κ2) is 5.32. The first kappa shape index (κ1) is 11.4. The van der Waals surface area contributed by atoms with Crippen molar-refractivity contribution in [3.63, 3.8) is 0 Å². The Hall–Kier alpha value is -1.06. The van der Waals surface area contributed by atoms with Gasteiger partial charge in [-0.15, -0.1) is 0 Å². The summed E-state index contributed by atoms with van der Waals surface area (Å²) in [5.74, 6) is 1.03. The third-order valence-electron chi connectivity index (χ3n) is 2.93. The van der Waals surface area contributed by atoms with E-state index in [2.05, 4.69) is 17.4 Å². The van der Waals surface area contributed by atoms with Crippen LogP contribution in [0, 0.1) is 0 Å². The van der Waals surface area contributed by atoms with Crippen LogP contribution < -0.4 is 10.1 Å². The molecule has 1 heterocycles. The summed E-state index contributed by atoms with van der Waals surface area (Å²) in [7, 11) is 0. The van der Waals surface area contributed by atoms with Crippen LogP contribution in [0.5, 0.6) is 5.75 Å². The normalized spacial score (nSPS) is 15.6. The Labute approximate surface area is 96.4 Å². The molecule has 0 fully saturated rings. The van der Waals surface area contributed by atoms with E-state index in [1.165, 1.54) is 11.1 Å². The van der Waals surface area contributed by atoms with Crippen LogP contribution >= 0.6 is 0 Å². The Kier molecular flexibility index (Phi) is 3.80. The molecule has 3 heteroatoms.